The minimum Gasteiger partial charge on any atom is -0.494 e. The molecule has 156 valence electrons. The van der Waals surface area contributed by atoms with Crippen LogP contribution in [-0.2, 0) is 15.3 Å². The lowest BCUT2D eigenvalue weighted by Crippen LogP contribution is -2.31. The summed E-state index contributed by atoms with van der Waals surface area (Å²) in [4.78, 5) is 28.4. The fourth-order valence-electron chi connectivity index (χ4n) is 3.36. The normalized spacial score (nSPS) is 13.8. The van der Waals surface area contributed by atoms with Crippen LogP contribution >= 0.6 is 23.4 Å². The summed E-state index contributed by atoms with van der Waals surface area (Å²) in [5.74, 6) is 0.608. The van der Waals surface area contributed by atoms with Crippen molar-refractivity contribution in [2.75, 3.05) is 11.5 Å². The number of imide groups is 1. The van der Waals surface area contributed by atoms with Gasteiger partial charge in [-0.25, -0.2) is 4.90 Å². The average molecular weight is 450 g/mol. The monoisotopic (exact) mass is 449 g/mol. The summed E-state index contributed by atoms with van der Waals surface area (Å²) in [6.45, 7) is 2.47. The summed E-state index contributed by atoms with van der Waals surface area (Å²) >= 11 is 7.49. The average Bonchev–Trinajstić information content (AvgIpc) is 3.03. The van der Waals surface area contributed by atoms with Crippen LogP contribution in [0.15, 0.2) is 83.8 Å². The van der Waals surface area contributed by atoms with Crippen LogP contribution in [0.3, 0.4) is 0 Å². The second kappa shape index (κ2) is 9.41. The van der Waals surface area contributed by atoms with E-state index in [2.05, 4.69) is 0 Å². The number of hydrogen-bond acceptors (Lipinski definition) is 4. The van der Waals surface area contributed by atoms with Crippen LogP contribution in [0.1, 0.15) is 18.1 Å². The summed E-state index contributed by atoms with van der Waals surface area (Å²) < 4.78 is 5.51. The first-order valence-corrected chi connectivity index (χ1v) is 11.2. The Labute approximate surface area is 190 Å². The summed E-state index contributed by atoms with van der Waals surface area (Å²) in [5.41, 5.74) is 2.62. The SMILES string of the molecule is CCOc1ccc(C2=C(SCc3ccccc3)C(=O)N(c3cccc(Cl)c3)C2=O)cc1. The standard InChI is InChI=1S/C25H20ClNO3S/c1-2-30-21-13-11-18(12-14-21)22-23(31-16-17-7-4-3-5-8-17)25(29)27(24(22)28)20-10-6-9-19(26)15-20/h3-15H,2,16H2,1H3. The van der Waals surface area contributed by atoms with Crippen molar-refractivity contribution < 1.29 is 14.3 Å². The summed E-state index contributed by atoms with van der Waals surface area (Å²) in [5, 5.41) is 0.464. The van der Waals surface area contributed by atoms with Crippen LogP contribution in [0, 0.1) is 0 Å². The van der Waals surface area contributed by atoms with Gasteiger partial charge in [0, 0.05) is 10.8 Å². The zero-order valence-electron chi connectivity index (χ0n) is 16.9. The first kappa shape index (κ1) is 21.2. The van der Waals surface area contributed by atoms with E-state index in [1.165, 1.54) is 16.7 Å². The molecule has 1 heterocycles. The van der Waals surface area contributed by atoms with Gasteiger partial charge in [0.05, 0.1) is 22.8 Å². The molecule has 0 saturated heterocycles. The number of amides is 2. The van der Waals surface area contributed by atoms with Gasteiger partial charge >= 0.3 is 0 Å². The summed E-state index contributed by atoms with van der Waals surface area (Å²) in [7, 11) is 0. The van der Waals surface area contributed by atoms with Gasteiger partial charge in [0.1, 0.15) is 5.75 Å². The van der Waals surface area contributed by atoms with Crippen molar-refractivity contribution in [2.24, 2.45) is 0 Å². The van der Waals surface area contributed by atoms with E-state index in [0.717, 1.165) is 5.56 Å². The Morgan fingerprint density at radius 3 is 2.32 bits per heavy atom. The molecule has 0 aromatic heterocycles. The molecule has 4 rings (SSSR count). The summed E-state index contributed by atoms with van der Waals surface area (Å²) in [6, 6.07) is 23.9. The minimum atomic E-state index is -0.355. The van der Waals surface area contributed by atoms with E-state index >= 15 is 0 Å². The molecule has 0 saturated carbocycles. The molecule has 31 heavy (non-hydrogen) atoms. The van der Waals surface area contributed by atoms with Crippen molar-refractivity contribution in [1.82, 2.24) is 0 Å². The molecule has 0 radical (unpaired) electrons. The summed E-state index contributed by atoms with van der Waals surface area (Å²) in [6.07, 6.45) is 0. The van der Waals surface area contributed by atoms with Crippen molar-refractivity contribution in [3.05, 3.63) is 99.9 Å². The van der Waals surface area contributed by atoms with Gasteiger partial charge in [-0.05, 0) is 48.4 Å². The van der Waals surface area contributed by atoms with Gasteiger partial charge < -0.3 is 4.74 Å². The lowest BCUT2D eigenvalue weighted by Gasteiger charge is -2.15. The molecule has 0 N–H and O–H groups in total. The van der Waals surface area contributed by atoms with Crippen LogP contribution in [0.5, 0.6) is 5.75 Å². The lowest BCUT2D eigenvalue weighted by atomic mass is 10.1. The molecule has 6 heteroatoms. The Bertz CT molecular complexity index is 1140. The van der Waals surface area contributed by atoms with Gasteiger partial charge in [-0.15, -0.1) is 11.8 Å². The number of carbonyl (C=O) groups is 2. The van der Waals surface area contributed by atoms with Crippen LogP contribution in [0.2, 0.25) is 5.02 Å². The molecule has 0 aliphatic carbocycles. The highest BCUT2D eigenvalue weighted by Gasteiger charge is 2.40. The van der Waals surface area contributed by atoms with Crippen molar-refractivity contribution in [3.8, 4) is 5.75 Å². The number of halogens is 1. The van der Waals surface area contributed by atoms with Crippen LogP contribution in [0.4, 0.5) is 5.69 Å². The number of nitrogens with zero attached hydrogens (tertiary/aromatic N) is 1. The van der Waals surface area contributed by atoms with Gasteiger partial charge in [-0.2, -0.15) is 0 Å². The number of ether oxygens (including phenoxy) is 1. The number of anilines is 1. The Morgan fingerprint density at radius 1 is 0.903 bits per heavy atom. The van der Waals surface area contributed by atoms with Crippen LogP contribution in [-0.4, -0.2) is 18.4 Å². The van der Waals surface area contributed by atoms with E-state index < -0.39 is 0 Å². The number of rotatable bonds is 7. The first-order valence-electron chi connectivity index (χ1n) is 9.87. The van der Waals surface area contributed by atoms with Crippen LogP contribution < -0.4 is 9.64 Å². The maximum Gasteiger partial charge on any atom is 0.272 e. The fraction of sp³-hybridized carbons (Fsp3) is 0.120. The predicted octanol–water partition coefficient (Wildman–Crippen LogP) is 5.96. The van der Waals surface area contributed by atoms with E-state index in [4.69, 9.17) is 16.3 Å². The molecule has 3 aromatic rings. The minimum absolute atomic E-state index is 0.336. The van der Waals surface area contributed by atoms with Crippen molar-refractivity contribution >= 4 is 46.4 Å². The maximum atomic E-state index is 13.4. The zero-order chi connectivity index (χ0) is 21.8. The molecular weight excluding hydrogens is 430 g/mol. The molecular formula is C25H20ClNO3S. The highest BCUT2D eigenvalue weighted by atomic mass is 35.5. The smallest absolute Gasteiger partial charge is 0.272 e. The topological polar surface area (TPSA) is 46.6 Å². The molecule has 1 aliphatic rings. The number of carbonyl (C=O) groups excluding carboxylic acids is 2. The van der Waals surface area contributed by atoms with Gasteiger partial charge in [-0.1, -0.05) is 60.1 Å². The van der Waals surface area contributed by atoms with Crippen molar-refractivity contribution in [1.29, 1.82) is 0 Å². The molecule has 2 amide bonds. The van der Waals surface area contributed by atoms with Gasteiger partial charge in [0.2, 0.25) is 0 Å². The van der Waals surface area contributed by atoms with E-state index in [0.29, 0.717) is 44.9 Å². The third-order valence-corrected chi connectivity index (χ3v) is 6.17. The second-order valence-corrected chi connectivity index (χ2v) is 8.28. The lowest BCUT2D eigenvalue weighted by molar-refractivity contribution is -0.119. The quantitative estimate of drug-likeness (QED) is 0.418. The van der Waals surface area contributed by atoms with E-state index in [-0.39, 0.29) is 11.8 Å². The maximum absolute atomic E-state index is 13.4. The molecule has 0 atom stereocenters. The Balaban J connectivity index is 1.73. The third kappa shape index (κ3) is 4.53. The molecule has 3 aromatic carbocycles. The zero-order valence-corrected chi connectivity index (χ0v) is 18.5. The Kier molecular flexibility index (Phi) is 6.44. The largest absolute Gasteiger partial charge is 0.494 e. The Morgan fingerprint density at radius 2 is 1.65 bits per heavy atom. The van der Waals surface area contributed by atoms with E-state index in [1.54, 1.807) is 24.3 Å². The number of hydrogen-bond donors (Lipinski definition) is 0. The van der Waals surface area contributed by atoms with E-state index in [9.17, 15) is 9.59 Å². The Hall–Kier alpha value is -3.02. The van der Waals surface area contributed by atoms with Crippen molar-refractivity contribution in [3.63, 3.8) is 0 Å². The van der Waals surface area contributed by atoms with Crippen LogP contribution in [0.25, 0.3) is 5.57 Å². The molecule has 4 nitrogen and oxygen atoms in total. The highest BCUT2D eigenvalue weighted by molar-refractivity contribution is 8.03. The van der Waals surface area contributed by atoms with Crippen molar-refractivity contribution in [2.45, 2.75) is 12.7 Å². The number of benzene rings is 3. The molecule has 0 unspecified atom stereocenters. The van der Waals surface area contributed by atoms with E-state index in [1.807, 2.05) is 61.5 Å². The molecule has 0 bridgehead atoms. The molecule has 0 spiro atoms. The predicted molar refractivity (Wildman–Crippen MR) is 126 cm³/mol. The van der Waals surface area contributed by atoms with Gasteiger partial charge in [0.15, 0.2) is 0 Å². The van der Waals surface area contributed by atoms with Gasteiger partial charge in [-0.3, -0.25) is 9.59 Å². The fourth-order valence-corrected chi connectivity index (χ4v) is 4.61. The molecule has 0 fully saturated rings. The van der Waals surface area contributed by atoms with Gasteiger partial charge in [0.25, 0.3) is 11.8 Å². The number of thioether (sulfide) groups is 1. The second-order valence-electron chi connectivity index (χ2n) is 6.86. The molecule has 1 aliphatic heterocycles. The third-order valence-electron chi connectivity index (χ3n) is 4.79. The first-order chi connectivity index (χ1) is 15.1. The highest BCUT2D eigenvalue weighted by Crippen LogP contribution is 2.40.